The number of rotatable bonds is 11. The Bertz CT molecular complexity index is 1550. The first-order chi connectivity index (χ1) is 19.9. The molecule has 0 spiro atoms. The number of hydrogen-bond donors (Lipinski definition) is 4. The number of ether oxygens (including phenoxy) is 1. The highest BCUT2D eigenvalue weighted by Crippen LogP contribution is 2.31. The molecular formula is C29H35N9O3. The Balaban J connectivity index is 1.32. The van der Waals surface area contributed by atoms with Gasteiger partial charge in [0.05, 0.1) is 23.5 Å². The summed E-state index contributed by atoms with van der Waals surface area (Å²) in [6.07, 6.45) is 7.99. The monoisotopic (exact) mass is 557 g/mol. The van der Waals surface area contributed by atoms with Crippen molar-refractivity contribution in [1.82, 2.24) is 24.6 Å². The second-order valence-corrected chi connectivity index (χ2v) is 10.1. The summed E-state index contributed by atoms with van der Waals surface area (Å²) in [7, 11) is 1.84. The fraction of sp³-hybridized carbons (Fsp3) is 0.345. The first kappa shape index (κ1) is 27.8. The normalized spacial score (nSPS) is 13.6. The van der Waals surface area contributed by atoms with E-state index in [1.807, 2.05) is 37.5 Å². The van der Waals surface area contributed by atoms with Crippen LogP contribution in [0.25, 0.3) is 10.9 Å². The molecule has 41 heavy (non-hydrogen) atoms. The Morgan fingerprint density at radius 3 is 2.68 bits per heavy atom. The highest BCUT2D eigenvalue weighted by molar-refractivity contribution is 6.00. The van der Waals surface area contributed by atoms with Gasteiger partial charge in [-0.3, -0.25) is 14.3 Å². The van der Waals surface area contributed by atoms with Gasteiger partial charge in [-0.05, 0) is 62.7 Å². The van der Waals surface area contributed by atoms with E-state index in [1.165, 1.54) is 32.4 Å². The first-order valence-corrected chi connectivity index (χ1v) is 13.8. The number of fused-ring (bicyclic) bond motifs is 1. The number of piperidine rings is 1. The van der Waals surface area contributed by atoms with Crippen molar-refractivity contribution in [2.45, 2.75) is 32.6 Å². The summed E-state index contributed by atoms with van der Waals surface area (Å²) in [4.78, 5) is 35.3. The summed E-state index contributed by atoms with van der Waals surface area (Å²) >= 11 is 0. The lowest BCUT2D eigenvalue weighted by Crippen LogP contribution is -2.31. The average molecular weight is 558 g/mol. The van der Waals surface area contributed by atoms with E-state index < -0.39 is 5.91 Å². The molecule has 12 nitrogen and oxygen atoms in total. The summed E-state index contributed by atoms with van der Waals surface area (Å²) in [5.41, 5.74) is 8.43. The molecule has 1 aliphatic rings. The summed E-state index contributed by atoms with van der Waals surface area (Å²) in [6, 6.07) is 11.0. The van der Waals surface area contributed by atoms with Gasteiger partial charge >= 0.3 is 0 Å². The van der Waals surface area contributed by atoms with Gasteiger partial charge in [-0.2, -0.15) is 10.1 Å². The van der Waals surface area contributed by atoms with Crippen LogP contribution >= 0.6 is 0 Å². The van der Waals surface area contributed by atoms with Crippen LogP contribution in [-0.2, 0) is 11.8 Å². The molecule has 2 amide bonds. The van der Waals surface area contributed by atoms with E-state index in [4.69, 9.17) is 10.5 Å². The van der Waals surface area contributed by atoms with Crippen LogP contribution in [0.1, 0.15) is 43.0 Å². The minimum absolute atomic E-state index is 0.142. The second kappa shape index (κ2) is 12.6. The summed E-state index contributed by atoms with van der Waals surface area (Å²) in [5, 5.41) is 14.5. The molecule has 4 aromatic rings. The lowest BCUT2D eigenvalue weighted by Gasteiger charge is -2.26. The standard InChI is InChI=1S/C29H35N9O3/c1-19(39)32-25-16-20(10-11-26(25)41-15-7-14-38-12-4-3-5-13-38)33-29-31-17-21(27(30)40)28(35-29)34-23-8-6-9-24-22(23)18-37(2)36-24/h6,8-11,16-18H,3-5,7,12-15H2,1-2H3,(H2,30,40)(H,32,39)(H2,31,33,34,35). The van der Waals surface area contributed by atoms with E-state index in [9.17, 15) is 9.59 Å². The number of aromatic nitrogens is 4. The number of carbonyl (C=O) groups excluding carboxylic acids is 2. The van der Waals surface area contributed by atoms with Crippen molar-refractivity contribution in [2.75, 3.05) is 42.2 Å². The largest absolute Gasteiger partial charge is 0.491 e. The molecule has 3 heterocycles. The first-order valence-electron chi connectivity index (χ1n) is 13.8. The minimum Gasteiger partial charge on any atom is -0.491 e. The fourth-order valence-corrected chi connectivity index (χ4v) is 4.92. The van der Waals surface area contributed by atoms with Crippen LogP contribution < -0.4 is 26.4 Å². The number of benzene rings is 2. The second-order valence-electron chi connectivity index (χ2n) is 10.1. The molecule has 0 saturated carbocycles. The number of nitrogens with two attached hydrogens (primary N) is 1. The topological polar surface area (TPSA) is 152 Å². The number of likely N-dealkylation sites (tertiary alicyclic amines) is 1. The van der Waals surface area contributed by atoms with E-state index >= 15 is 0 Å². The average Bonchev–Trinajstić information content (AvgIpc) is 3.33. The summed E-state index contributed by atoms with van der Waals surface area (Å²) < 4.78 is 7.74. The van der Waals surface area contributed by atoms with Gasteiger partial charge in [-0.25, -0.2) is 4.98 Å². The molecule has 2 aromatic carbocycles. The molecular weight excluding hydrogens is 522 g/mol. The van der Waals surface area contributed by atoms with Gasteiger partial charge in [0.1, 0.15) is 17.1 Å². The molecule has 1 fully saturated rings. The highest BCUT2D eigenvalue weighted by atomic mass is 16.5. The number of carbonyl (C=O) groups is 2. The molecule has 12 heteroatoms. The molecule has 5 N–H and O–H groups in total. The number of aryl methyl sites for hydroxylation is 1. The van der Waals surface area contributed by atoms with Crippen molar-refractivity contribution in [1.29, 1.82) is 0 Å². The molecule has 1 aliphatic heterocycles. The zero-order valence-electron chi connectivity index (χ0n) is 23.3. The number of nitrogens with zero attached hydrogens (tertiary/aromatic N) is 5. The number of nitrogens with one attached hydrogen (secondary N) is 3. The van der Waals surface area contributed by atoms with Crippen molar-refractivity contribution < 1.29 is 14.3 Å². The van der Waals surface area contributed by atoms with Crippen molar-refractivity contribution >= 4 is 51.5 Å². The molecule has 2 aromatic heterocycles. The molecule has 0 radical (unpaired) electrons. The number of amides is 2. The van der Waals surface area contributed by atoms with Crippen LogP contribution in [0.2, 0.25) is 0 Å². The van der Waals surface area contributed by atoms with Crippen LogP contribution in [0.4, 0.5) is 28.8 Å². The van der Waals surface area contributed by atoms with E-state index in [1.54, 1.807) is 16.8 Å². The van der Waals surface area contributed by atoms with Crippen LogP contribution in [0.5, 0.6) is 5.75 Å². The van der Waals surface area contributed by atoms with E-state index in [0.717, 1.165) is 42.6 Å². The lowest BCUT2D eigenvalue weighted by atomic mass is 10.1. The van der Waals surface area contributed by atoms with E-state index in [2.05, 4.69) is 35.9 Å². The third kappa shape index (κ3) is 7.09. The van der Waals surface area contributed by atoms with Crippen molar-refractivity contribution in [3.8, 4) is 5.75 Å². The van der Waals surface area contributed by atoms with Gasteiger partial charge in [-0.15, -0.1) is 0 Å². The Hall–Kier alpha value is -4.71. The molecule has 0 aliphatic carbocycles. The van der Waals surface area contributed by atoms with Crippen molar-refractivity contribution in [3.63, 3.8) is 0 Å². The van der Waals surface area contributed by atoms with Crippen LogP contribution in [-0.4, -0.2) is 62.7 Å². The Kier molecular flexibility index (Phi) is 8.59. The van der Waals surface area contributed by atoms with Gasteiger partial charge < -0.3 is 31.3 Å². The quantitative estimate of drug-likeness (QED) is 0.199. The van der Waals surface area contributed by atoms with Crippen LogP contribution in [0.15, 0.2) is 48.8 Å². The molecule has 0 bridgehead atoms. The SMILES string of the molecule is CC(=O)Nc1cc(Nc2ncc(C(N)=O)c(Nc3cccc4nn(C)cc34)n2)ccc1OCCCN1CCCCC1. The summed E-state index contributed by atoms with van der Waals surface area (Å²) in [5.74, 6) is 0.203. The minimum atomic E-state index is -0.660. The van der Waals surface area contributed by atoms with Crippen molar-refractivity contribution in [2.24, 2.45) is 12.8 Å². The third-order valence-corrected chi connectivity index (χ3v) is 6.84. The molecule has 1 saturated heterocycles. The summed E-state index contributed by atoms with van der Waals surface area (Å²) in [6.45, 7) is 5.30. The van der Waals surface area contributed by atoms with Gasteiger partial charge in [0.2, 0.25) is 11.9 Å². The Labute approximate surface area is 238 Å². The van der Waals surface area contributed by atoms with Gasteiger partial charge in [-0.1, -0.05) is 12.5 Å². The molecule has 0 atom stereocenters. The van der Waals surface area contributed by atoms with Gasteiger partial charge in [0.15, 0.2) is 0 Å². The third-order valence-electron chi connectivity index (χ3n) is 6.84. The maximum Gasteiger partial charge on any atom is 0.254 e. The zero-order valence-corrected chi connectivity index (χ0v) is 23.3. The Morgan fingerprint density at radius 1 is 1.07 bits per heavy atom. The highest BCUT2D eigenvalue weighted by Gasteiger charge is 2.16. The predicted octanol–water partition coefficient (Wildman–Crippen LogP) is 4.16. The number of primary amides is 1. The zero-order chi connectivity index (χ0) is 28.8. The van der Waals surface area contributed by atoms with Crippen molar-refractivity contribution in [3.05, 3.63) is 54.4 Å². The van der Waals surface area contributed by atoms with E-state index in [0.29, 0.717) is 23.7 Å². The number of hydrogen-bond acceptors (Lipinski definition) is 9. The predicted molar refractivity (Wildman–Crippen MR) is 159 cm³/mol. The Morgan fingerprint density at radius 2 is 1.90 bits per heavy atom. The maximum absolute atomic E-state index is 12.1. The molecule has 214 valence electrons. The van der Waals surface area contributed by atoms with Crippen LogP contribution in [0, 0.1) is 0 Å². The van der Waals surface area contributed by atoms with Gasteiger partial charge in [0.25, 0.3) is 5.91 Å². The molecule has 0 unspecified atom stereocenters. The maximum atomic E-state index is 12.1. The van der Waals surface area contributed by atoms with Crippen LogP contribution in [0.3, 0.4) is 0 Å². The van der Waals surface area contributed by atoms with E-state index in [-0.39, 0.29) is 23.2 Å². The number of anilines is 5. The molecule has 5 rings (SSSR count). The fourth-order valence-electron chi connectivity index (χ4n) is 4.92. The smallest absolute Gasteiger partial charge is 0.254 e. The van der Waals surface area contributed by atoms with Gasteiger partial charge in [0, 0.05) is 44.0 Å². The lowest BCUT2D eigenvalue weighted by molar-refractivity contribution is -0.114.